The minimum absolute atomic E-state index is 0.0779. The number of aliphatic carboxylic acids is 1. The molecule has 8 nitrogen and oxygen atoms in total. The highest BCUT2D eigenvalue weighted by Crippen LogP contribution is 2.67. The SMILES string of the molecule is CC(=O)C1(O)CCC2C3CCC4=CC(=NOCC(=O)NC(C)C(=O)O)CCC4(C)C3CCC21C. The van der Waals surface area contributed by atoms with Crippen LogP contribution >= 0.6 is 0 Å². The van der Waals surface area contributed by atoms with E-state index >= 15 is 0 Å². The molecule has 0 heterocycles. The molecule has 7 unspecified atom stereocenters. The highest BCUT2D eigenvalue weighted by Gasteiger charge is 2.65. The summed E-state index contributed by atoms with van der Waals surface area (Å²) in [5.74, 6) is -0.264. The van der Waals surface area contributed by atoms with Crippen molar-refractivity contribution >= 4 is 23.4 Å². The molecule has 0 radical (unpaired) electrons. The summed E-state index contributed by atoms with van der Waals surface area (Å²) in [7, 11) is 0. The van der Waals surface area contributed by atoms with Gasteiger partial charge in [0.1, 0.15) is 11.6 Å². The van der Waals surface area contributed by atoms with Crippen molar-refractivity contribution in [2.45, 2.75) is 90.7 Å². The number of ketones is 1. The number of carbonyl (C=O) groups excluding carboxylic acids is 2. The third kappa shape index (κ3) is 3.88. The van der Waals surface area contributed by atoms with Gasteiger partial charge in [0.15, 0.2) is 12.4 Å². The Balaban J connectivity index is 1.44. The number of hydrogen-bond donors (Lipinski definition) is 3. The smallest absolute Gasteiger partial charge is 0.325 e. The van der Waals surface area contributed by atoms with Gasteiger partial charge < -0.3 is 20.4 Å². The molecule has 4 rings (SSSR count). The molecule has 0 saturated heterocycles. The van der Waals surface area contributed by atoms with E-state index in [1.54, 1.807) is 6.92 Å². The number of nitrogens with zero attached hydrogens (tertiary/aromatic N) is 1. The van der Waals surface area contributed by atoms with Crippen LogP contribution < -0.4 is 5.32 Å². The number of aliphatic hydroxyl groups is 1. The van der Waals surface area contributed by atoms with E-state index in [0.717, 1.165) is 50.7 Å². The molecule has 1 amide bonds. The van der Waals surface area contributed by atoms with E-state index < -0.39 is 23.5 Å². The number of carboxylic acid groups (broad SMARTS) is 1. The summed E-state index contributed by atoms with van der Waals surface area (Å²) in [6.45, 7) is 7.14. The quantitative estimate of drug-likeness (QED) is 0.508. The number of oxime groups is 1. The molecule has 0 aromatic heterocycles. The fraction of sp³-hybridized carbons (Fsp3) is 0.769. The van der Waals surface area contributed by atoms with E-state index in [9.17, 15) is 19.5 Å². The fourth-order valence-corrected chi connectivity index (χ4v) is 7.76. The van der Waals surface area contributed by atoms with Gasteiger partial charge in [-0.05, 0) is 94.5 Å². The molecule has 0 aromatic carbocycles. The van der Waals surface area contributed by atoms with Gasteiger partial charge in [0.05, 0.1) is 5.71 Å². The van der Waals surface area contributed by atoms with Gasteiger partial charge in [0, 0.05) is 5.41 Å². The summed E-state index contributed by atoms with van der Waals surface area (Å²) in [4.78, 5) is 40.3. The first-order valence-corrected chi connectivity index (χ1v) is 12.6. The van der Waals surface area contributed by atoms with Gasteiger partial charge in [-0.15, -0.1) is 0 Å². The fourth-order valence-electron chi connectivity index (χ4n) is 7.76. The summed E-state index contributed by atoms with van der Waals surface area (Å²) in [6, 6.07) is -0.972. The molecular weight excluding hydrogens is 436 g/mol. The lowest BCUT2D eigenvalue weighted by Gasteiger charge is -2.59. The molecule has 0 bridgehead atoms. The normalized spacial score (nSPS) is 40.9. The first-order chi connectivity index (χ1) is 15.9. The summed E-state index contributed by atoms with van der Waals surface area (Å²) in [6.07, 6.45) is 9.29. The Kier molecular flexibility index (Phi) is 6.42. The van der Waals surface area contributed by atoms with Crippen LogP contribution in [-0.2, 0) is 19.2 Å². The van der Waals surface area contributed by atoms with E-state index in [0.29, 0.717) is 24.2 Å². The van der Waals surface area contributed by atoms with E-state index in [2.05, 4.69) is 30.4 Å². The molecule has 8 heteroatoms. The Morgan fingerprint density at radius 3 is 2.53 bits per heavy atom. The van der Waals surface area contributed by atoms with Crippen LogP contribution in [0.25, 0.3) is 0 Å². The van der Waals surface area contributed by atoms with Crippen molar-refractivity contribution in [2.75, 3.05) is 6.61 Å². The average Bonchev–Trinajstić information content (AvgIpc) is 3.06. The number of hydrogen-bond acceptors (Lipinski definition) is 6. The monoisotopic (exact) mass is 474 g/mol. The predicted octanol–water partition coefficient (Wildman–Crippen LogP) is 3.23. The van der Waals surface area contributed by atoms with Gasteiger partial charge in [-0.2, -0.15) is 0 Å². The maximum absolute atomic E-state index is 12.4. The van der Waals surface area contributed by atoms with Crippen LogP contribution in [0.1, 0.15) is 79.1 Å². The largest absolute Gasteiger partial charge is 0.480 e. The van der Waals surface area contributed by atoms with Crippen molar-refractivity contribution in [3.05, 3.63) is 11.6 Å². The van der Waals surface area contributed by atoms with Crippen molar-refractivity contribution in [2.24, 2.45) is 33.7 Å². The predicted molar refractivity (Wildman–Crippen MR) is 126 cm³/mol. The molecule has 7 atom stereocenters. The first-order valence-electron chi connectivity index (χ1n) is 12.6. The average molecular weight is 475 g/mol. The van der Waals surface area contributed by atoms with Gasteiger partial charge in [-0.1, -0.05) is 24.6 Å². The minimum atomic E-state index is -1.18. The van der Waals surface area contributed by atoms with E-state index in [4.69, 9.17) is 9.94 Å². The van der Waals surface area contributed by atoms with Gasteiger partial charge >= 0.3 is 5.97 Å². The molecule has 4 aliphatic carbocycles. The van der Waals surface area contributed by atoms with Crippen molar-refractivity contribution in [1.82, 2.24) is 5.32 Å². The van der Waals surface area contributed by atoms with Crippen LogP contribution in [0.4, 0.5) is 0 Å². The van der Waals surface area contributed by atoms with Gasteiger partial charge in [-0.3, -0.25) is 14.4 Å². The standard InChI is InChI=1S/C26H38N2O6/c1-15(23(31)32)27-22(30)14-34-28-18-7-10-24(3)17(13-18)5-6-19-20(24)8-11-25(4)21(19)9-12-26(25,33)16(2)29/h13,15,19-21,33H,5-12,14H2,1-4H3,(H,27,30)(H,31,32). The third-order valence-electron chi connectivity index (χ3n) is 9.84. The molecule has 0 spiro atoms. The second-order valence-corrected chi connectivity index (χ2v) is 11.4. The molecule has 3 N–H and O–H groups in total. The molecule has 188 valence electrons. The van der Waals surface area contributed by atoms with Crippen molar-refractivity contribution in [1.29, 1.82) is 0 Å². The second-order valence-electron chi connectivity index (χ2n) is 11.4. The number of carboxylic acids is 1. The number of amides is 1. The minimum Gasteiger partial charge on any atom is -0.480 e. The van der Waals surface area contributed by atoms with E-state index in [1.807, 2.05) is 0 Å². The van der Waals surface area contributed by atoms with Crippen molar-refractivity contribution in [3.63, 3.8) is 0 Å². The lowest BCUT2D eigenvalue weighted by atomic mass is 9.46. The summed E-state index contributed by atoms with van der Waals surface area (Å²) >= 11 is 0. The Labute approximate surface area is 201 Å². The van der Waals surface area contributed by atoms with E-state index in [1.165, 1.54) is 12.5 Å². The maximum Gasteiger partial charge on any atom is 0.325 e. The number of allylic oxidation sites excluding steroid dienone is 2. The van der Waals surface area contributed by atoms with Gasteiger partial charge in [0.25, 0.3) is 5.91 Å². The zero-order valence-electron chi connectivity index (χ0n) is 20.7. The zero-order chi connectivity index (χ0) is 24.9. The molecule has 3 saturated carbocycles. The Morgan fingerprint density at radius 1 is 1.15 bits per heavy atom. The van der Waals surface area contributed by atoms with E-state index in [-0.39, 0.29) is 23.2 Å². The lowest BCUT2D eigenvalue weighted by Crippen LogP contribution is -2.57. The highest BCUT2D eigenvalue weighted by molar-refractivity contribution is 5.96. The number of carbonyl (C=O) groups is 3. The topological polar surface area (TPSA) is 125 Å². The van der Waals surface area contributed by atoms with Crippen LogP contribution in [0.3, 0.4) is 0 Å². The number of Topliss-reactive ketones (excluding diaryl/α,β-unsaturated/α-hetero) is 1. The second kappa shape index (κ2) is 8.77. The molecule has 3 fully saturated rings. The lowest BCUT2D eigenvalue weighted by molar-refractivity contribution is -0.159. The number of fused-ring (bicyclic) bond motifs is 5. The highest BCUT2D eigenvalue weighted by atomic mass is 16.6. The molecule has 34 heavy (non-hydrogen) atoms. The van der Waals surface area contributed by atoms with Crippen LogP contribution in [0, 0.1) is 28.6 Å². The molecule has 4 aliphatic rings. The molecule has 0 aliphatic heterocycles. The Bertz CT molecular complexity index is 944. The molecular formula is C26H38N2O6. The Hall–Kier alpha value is -2.22. The van der Waals surface area contributed by atoms with Crippen LogP contribution in [-0.4, -0.2) is 51.8 Å². The summed E-state index contributed by atoms with van der Waals surface area (Å²) in [5.41, 5.74) is 0.768. The number of rotatable bonds is 6. The summed E-state index contributed by atoms with van der Waals surface area (Å²) < 4.78 is 0. The first kappa shape index (κ1) is 24.9. The molecule has 0 aromatic rings. The van der Waals surface area contributed by atoms with Gasteiger partial charge in [0.2, 0.25) is 0 Å². The van der Waals surface area contributed by atoms with Gasteiger partial charge in [-0.25, -0.2) is 0 Å². The number of nitrogens with one attached hydrogen (secondary N) is 1. The Morgan fingerprint density at radius 2 is 1.85 bits per heavy atom. The third-order valence-corrected chi connectivity index (χ3v) is 9.84. The van der Waals surface area contributed by atoms with Crippen molar-refractivity contribution in [3.8, 4) is 0 Å². The zero-order valence-corrected chi connectivity index (χ0v) is 20.7. The van der Waals surface area contributed by atoms with Crippen LogP contribution in [0.5, 0.6) is 0 Å². The van der Waals surface area contributed by atoms with Crippen molar-refractivity contribution < 1.29 is 29.4 Å². The summed E-state index contributed by atoms with van der Waals surface area (Å²) in [5, 5.41) is 26.7. The van der Waals surface area contributed by atoms with Crippen LogP contribution in [0.15, 0.2) is 16.8 Å². The maximum atomic E-state index is 12.4. The van der Waals surface area contributed by atoms with Crippen LogP contribution in [0.2, 0.25) is 0 Å².